The third kappa shape index (κ3) is 15.1. The topological polar surface area (TPSA) is 44.6 Å². The van der Waals surface area contributed by atoms with Crippen molar-refractivity contribution in [1.29, 1.82) is 0 Å². The first-order chi connectivity index (χ1) is 72.3. The first-order valence-electron chi connectivity index (χ1n) is 49.6. The van der Waals surface area contributed by atoms with Crippen molar-refractivity contribution < 1.29 is 18.3 Å². The van der Waals surface area contributed by atoms with Gasteiger partial charge in [0.2, 0.25) is 0 Å². The summed E-state index contributed by atoms with van der Waals surface area (Å²) in [6.07, 6.45) is 0. The molecule has 0 unspecified atom stereocenters. The summed E-state index contributed by atoms with van der Waals surface area (Å²) in [5, 5.41) is 16.2. The molecule has 25 aromatic carbocycles. The van der Waals surface area contributed by atoms with E-state index in [-0.39, 0.29) is 5.82 Å². The van der Waals surface area contributed by atoms with Crippen LogP contribution >= 0.6 is 0 Å². The number of ether oxygens (including phenoxy) is 2. The summed E-state index contributed by atoms with van der Waals surface area (Å²) in [7, 11) is 0. The SMILES string of the molecule is Fc1cc(-c2ccccc2)cc(-c2ccccc2)c1N(c1ccccc1)c1ccc2c(c1)Oc1cccc3c1c-2cc1c2ccccc2c(-c2ccc(N(c4ccccc4)c4ccccc4-c4ccccc4)cc2)cc31.c1ccc(-c2ccccc2N(c2ccccc2)c2ccc(-c3cc4c5cccc6c5c(cc4c4ccccc34)-c3ccc(N(c4ccccc4)c4ccc5oc7ccccc7c5c4)cc3O6)cc2)cc1. The molecule has 0 aliphatic carbocycles. The van der Waals surface area contributed by atoms with Gasteiger partial charge in [0.05, 0.1) is 22.7 Å². The lowest BCUT2D eigenvalue weighted by Gasteiger charge is -2.30. The van der Waals surface area contributed by atoms with Crippen LogP contribution in [0.4, 0.5) is 72.6 Å². The van der Waals surface area contributed by atoms with Crippen LogP contribution in [0.5, 0.6) is 23.0 Å². The number of para-hydroxylation sites is 7. The van der Waals surface area contributed by atoms with Gasteiger partial charge in [0.15, 0.2) is 0 Å². The molecule has 8 heteroatoms. The molecule has 0 N–H and O–H groups in total. The van der Waals surface area contributed by atoms with E-state index < -0.39 is 0 Å². The van der Waals surface area contributed by atoms with Crippen molar-refractivity contribution in [2.75, 3.05) is 19.6 Å². The highest BCUT2D eigenvalue weighted by atomic mass is 19.1. The quantitative estimate of drug-likeness (QED) is 0.0793. The predicted octanol–water partition coefficient (Wildman–Crippen LogP) is 39.8. The Labute approximate surface area is 844 Å². The molecule has 686 valence electrons. The van der Waals surface area contributed by atoms with Crippen LogP contribution < -0.4 is 29.1 Å². The Balaban J connectivity index is 0.000000145. The number of fused-ring (bicyclic) bond motifs is 15. The van der Waals surface area contributed by atoms with Gasteiger partial charge in [-0.05, 0) is 297 Å². The number of halogens is 1. The van der Waals surface area contributed by atoms with E-state index in [0.29, 0.717) is 11.4 Å². The van der Waals surface area contributed by atoms with Gasteiger partial charge in [0.25, 0.3) is 0 Å². The Morgan fingerprint density at radius 3 is 0.938 bits per heavy atom. The van der Waals surface area contributed by atoms with E-state index in [2.05, 4.69) is 445 Å². The first-order valence-corrected chi connectivity index (χ1v) is 49.6. The molecule has 0 spiro atoms. The Morgan fingerprint density at radius 2 is 0.473 bits per heavy atom. The average Bonchev–Trinajstić information content (AvgIpc) is 0.790. The molecule has 2 aliphatic heterocycles. The minimum atomic E-state index is -0.328. The minimum Gasteiger partial charge on any atom is -0.456 e. The molecule has 7 nitrogen and oxygen atoms in total. The summed E-state index contributed by atoms with van der Waals surface area (Å²) >= 11 is 0. The van der Waals surface area contributed by atoms with Crippen LogP contribution in [0.3, 0.4) is 0 Å². The van der Waals surface area contributed by atoms with Gasteiger partial charge in [-0.1, -0.05) is 346 Å². The van der Waals surface area contributed by atoms with Crippen molar-refractivity contribution >= 4 is 155 Å². The maximum atomic E-state index is 17.4. The molecule has 0 fully saturated rings. The highest BCUT2D eigenvalue weighted by molar-refractivity contribution is 6.28. The largest absolute Gasteiger partial charge is 0.456 e. The lowest BCUT2D eigenvalue weighted by atomic mass is 9.86. The number of nitrogens with zero attached hydrogens (tertiary/aromatic N) is 4. The lowest BCUT2D eigenvalue weighted by Crippen LogP contribution is -2.14. The monoisotopic (exact) mass is 1870 g/mol. The molecule has 3 heterocycles. The number of hydrogen-bond acceptors (Lipinski definition) is 7. The van der Waals surface area contributed by atoms with Gasteiger partial charge in [-0.2, -0.15) is 0 Å². The zero-order valence-electron chi connectivity index (χ0n) is 79.3. The van der Waals surface area contributed by atoms with Crippen molar-refractivity contribution in [2.24, 2.45) is 0 Å². The van der Waals surface area contributed by atoms with Crippen molar-refractivity contribution in [1.82, 2.24) is 0 Å². The number of anilines is 12. The second-order valence-electron chi connectivity index (χ2n) is 37.3. The van der Waals surface area contributed by atoms with Gasteiger partial charge < -0.3 is 33.5 Å². The molecule has 2 aliphatic rings. The van der Waals surface area contributed by atoms with E-state index >= 15 is 4.39 Å². The van der Waals surface area contributed by atoms with Crippen LogP contribution in [-0.4, -0.2) is 0 Å². The van der Waals surface area contributed by atoms with Crippen LogP contribution in [0.25, 0.3) is 176 Å². The average molecular weight is 1870 g/mol. The number of rotatable bonds is 18. The van der Waals surface area contributed by atoms with Gasteiger partial charge in [0, 0.05) is 107 Å². The van der Waals surface area contributed by atoms with Crippen LogP contribution in [-0.2, 0) is 0 Å². The highest BCUT2D eigenvalue weighted by Crippen LogP contribution is 2.58. The molecule has 0 amide bonds. The van der Waals surface area contributed by atoms with E-state index in [4.69, 9.17) is 13.9 Å². The Kier molecular flexibility index (Phi) is 21.3. The van der Waals surface area contributed by atoms with Crippen molar-refractivity contribution in [3.63, 3.8) is 0 Å². The minimum absolute atomic E-state index is 0.328. The summed E-state index contributed by atoms with van der Waals surface area (Å²) in [5.41, 5.74) is 30.6. The molecule has 0 radical (unpaired) electrons. The van der Waals surface area contributed by atoms with E-state index in [0.717, 1.165) is 184 Å². The third-order valence-electron chi connectivity index (χ3n) is 28.9. The fourth-order valence-electron chi connectivity index (χ4n) is 22.2. The molecule has 28 rings (SSSR count). The summed E-state index contributed by atoms with van der Waals surface area (Å²) in [4.78, 5) is 9.03. The highest BCUT2D eigenvalue weighted by Gasteiger charge is 2.32. The summed E-state index contributed by atoms with van der Waals surface area (Å²) in [6, 6.07) is 190. The summed E-state index contributed by atoms with van der Waals surface area (Å²) in [6.45, 7) is 0. The van der Waals surface area contributed by atoms with Crippen LogP contribution in [0.1, 0.15) is 0 Å². The third-order valence-corrected chi connectivity index (χ3v) is 28.9. The zero-order valence-corrected chi connectivity index (χ0v) is 79.3. The maximum absolute atomic E-state index is 17.4. The first kappa shape index (κ1) is 85.8. The fourth-order valence-corrected chi connectivity index (χ4v) is 22.2. The molecule has 0 saturated heterocycles. The summed E-state index contributed by atoms with van der Waals surface area (Å²) in [5.74, 6) is 2.84. The second-order valence-corrected chi connectivity index (χ2v) is 37.3. The van der Waals surface area contributed by atoms with E-state index in [1.165, 1.54) is 70.9 Å². The van der Waals surface area contributed by atoms with E-state index in [1.807, 2.05) is 108 Å². The standard InChI is InChI=1S/C72H47FN2O.C66H42N2O2/c73-67-44-52(48-21-6-1-7-22-48)43-63(50-25-10-3-11-26-50)72(67)75(54-29-14-5-15-30-54)56-41-42-60-66-47-64-59-33-17-16-32-58(59)62(46-65(64)61-34-20-36-69(71(61)66)76-70(60)45-56)51-37-39-55(40-38-51)74(53-27-12-4-13-28-53)68-35-19-18-31-57(68)49-23-8-2-9-24-49;1-4-17-43(18-5-1)50-23-12-14-28-61(50)68(46-21-8-3-9-22-46)47-33-31-44(32-34-47)56-41-58-55-27-16-30-64-66(55)60(42-57(58)52-25-11-10-24-51(52)56)54-37-35-49(40-65(54)70-64)67(45-19-6-2-7-20-45)48-36-38-63-59(39-48)53-26-13-15-29-62(53)69-63/h1-47H;1-42H. The van der Waals surface area contributed by atoms with E-state index in [9.17, 15) is 0 Å². The van der Waals surface area contributed by atoms with Crippen molar-refractivity contribution in [3.8, 4) is 112 Å². The van der Waals surface area contributed by atoms with Gasteiger partial charge >= 0.3 is 0 Å². The maximum Gasteiger partial charge on any atom is 0.148 e. The number of hydrogen-bond donors (Lipinski definition) is 0. The Morgan fingerprint density at radius 1 is 0.151 bits per heavy atom. The second kappa shape index (κ2) is 36.3. The van der Waals surface area contributed by atoms with Gasteiger partial charge in [0.1, 0.15) is 40.0 Å². The normalized spacial score (nSPS) is 11.7. The number of furan rings is 1. The molecule has 0 bridgehead atoms. The summed E-state index contributed by atoms with van der Waals surface area (Å²) < 4.78 is 37.6. The molecule has 26 aromatic rings. The molecular weight excluding hydrogens is 1780 g/mol. The van der Waals surface area contributed by atoms with E-state index in [1.54, 1.807) is 6.07 Å². The fraction of sp³-hybridized carbons (Fsp3) is 0. The van der Waals surface area contributed by atoms with Crippen molar-refractivity contribution in [2.45, 2.75) is 0 Å². The molecule has 146 heavy (non-hydrogen) atoms. The number of benzene rings is 25. The molecular formula is C138H89FN4O3. The van der Waals surface area contributed by atoms with Crippen LogP contribution in [0.15, 0.2) is 544 Å². The van der Waals surface area contributed by atoms with Crippen LogP contribution in [0.2, 0.25) is 0 Å². The lowest BCUT2D eigenvalue weighted by molar-refractivity contribution is 0.487. The Bertz CT molecular complexity index is 9550. The molecule has 1 aromatic heterocycles. The Hall–Kier alpha value is -19.4. The molecule has 0 saturated carbocycles. The zero-order chi connectivity index (χ0) is 96.7. The van der Waals surface area contributed by atoms with Gasteiger partial charge in [-0.15, -0.1) is 0 Å². The van der Waals surface area contributed by atoms with Gasteiger partial charge in [-0.3, -0.25) is 0 Å². The van der Waals surface area contributed by atoms with Crippen LogP contribution in [0, 0.1) is 5.82 Å². The smallest absolute Gasteiger partial charge is 0.148 e. The molecule has 0 atom stereocenters. The van der Waals surface area contributed by atoms with Gasteiger partial charge in [-0.25, -0.2) is 4.39 Å². The predicted molar refractivity (Wildman–Crippen MR) is 608 cm³/mol. The van der Waals surface area contributed by atoms with Crippen molar-refractivity contribution in [3.05, 3.63) is 546 Å².